The zero-order valence-corrected chi connectivity index (χ0v) is 19.1. The molecule has 0 saturated heterocycles. The van der Waals surface area contributed by atoms with Crippen LogP contribution in [0.3, 0.4) is 0 Å². The van der Waals surface area contributed by atoms with Gasteiger partial charge in [-0.1, -0.05) is 38.0 Å². The normalized spacial score (nSPS) is 26.2. The highest BCUT2D eigenvalue weighted by atomic mass is 16.3. The van der Waals surface area contributed by atoms with Gasteiger partial charge in [-0.15, -0.1) is 6.42 Å². The van der Waals surface area contributed by atoms with Crippen LogP contribution >= 0.6 is 0 Å². The quantitative estimate of drug-likeness (QED) is 0.600. The van der Waals surface area contributed by atoms with Crippen LogP contribution in [0.2, 0.25) is 0 Å². The number of carbonyl (C=O) groups excluding carboxylic acids is 1. The SMILES string of the molecule is C#Cc1cnc(CCC[C@]2(C)C(=O)Nc3ccccc32)nc1N[C@@H]1CC[C@H](O)C(C)(C)C1. The Balaban J connectivity index is 1.43. The minimum Gasteiger partial charge on any atom is -0.393 e. The second kappa shape index (κ2) is 8.55. The third-order valence-corrected chi connectivity index (χ3v) is 7.15. The predicted octanol–water partition coefficient (Wildman–Crippen LogP) is 4.04. The van der Waals surface area contributed by atoms with Crippen molar-refractivity contribution >= 4 is 17.4 Å². The van der Waals surface area contributed by atoms with Gasteiger partial charge in [0, 0.05) is 24.3 Å². The molecule has 32 heavy (non-hydrogen) atoms. The number of rotatable bonds is 6. The molecule has 2 heterocycles. The number of aliphatic hydroxyl groups excluding tert-OH is 1. The van der Waals surface area contributed by atoms with Gasteiger partial charge in [-0.05, 0) is 56.1 Å². The van der Waals surface area contributed by atoms with E-state index in [0.29, 0.717) is 24.2 Å². The maximum absolute atomic E-state index is 12.6. The van der Waals surface area contributed by atoms with Crippen LogP contribution in [0.25, 0.3) is 0 Å². The van der Waals surface area contributed by atoms with E-state index >= 15 is 0 Å². The van der Waals surface area contributed by atoms with Gasteiger partial charge in [0.2, 0.25) is 5.91 Å². The number of nitrogens with one attached hydrogen (secondary N) is 2. The summed E-state index contributed by atoms with van der Waals surface area (Å²) in [5.74, 6) is 4.13. The van der Waals surface area contributed by atoms with Crippen LogP contribution in [0, 0.1) is 17.8 Å². The van der Waals surface area contributed by atoms with Gasteiger partial charge in [0.1, 0.15) is 11.6 Å². The number of hydrogen-bond acceptors (Lipinski definition) is 5. The summed E-state index contributed by atoms with van der Waals surface area (Å²) in [4.78, 5) is 21.8. The number of fused-ring (bicyclic) bond motifs is 1. The van der Waals surface area contributed by atoms with Crippen LogP contribution < -0.4 is 10.6 Å². The summed E-state index contributed by atoms with van der Waals surface area (Å²) in [5, 5.41) is 16.7. The van der Waals surface area contributed by atoms with Crippen LogP contribution in [0.4, 0.5) is 11.5 Å². The summed E-state index contributed by atoms with van der Waals surface area (Å²) in [6.45, 7) is 6.19. The number of aromatic nitrogens is 2. The summed E-state index contributed by atoms with van der Waals surface area (Å²) in [6, 6.07) is 8.09. The first-order chi connectivity index (χ1) is 15.2. The smallest absolute Gasteiger partial charge is 0.234 e. The van der Waals surface area contributed by atoms with E-state index in [0.717, 1.165) is 42.8 Å². The Kier molecular flexibility index (Phi) is 5.96. The molecule has 1 amide bonds. The lowest BCUT2D eigenvalue weighted by atomic mass is 9.73. The van der Waals surface area contributed by atoms with Gasteiger partial charge in [0.05, 0.1) is 17.1 Å². The van der Waals surface area contributed by atoms with E-state index in [1.807, 2.05) is 31.2 Å². The Bertz CT molecular complexity index is 1060. The molecule has 1 aromatic carbocycles. The van der Waals surface area contributed by atoms with Crippen molar-refractivity contribution < 1.29 is 9.90 Å². The Morgan fingerprint density at radius 2 is 2.06 bits per heavy atom. The number of anilines is 2. The minimum atomic E-state index is -0.537. The van der Waals surface area contributed by atoms with Gasteiger partial charge >= 0.3 is 0 Å². The van der Waals surface area contributed by atoms with Crippen molar-refractivity contribution in [1.82, 2.24) is 9.97 Å². The lowest BCUT2D eigenvalue weighted by Crippen LogP contribution is -2.41. The highest BCUT2D eigenvalue weighted by molar-refractivity contribution is 6.05. The lowest BCUT2D eigenvalue weighted by Gasteiger charge is -2.40. The monoisotopic (exact) mass is 432 g/mol. The first-order valence-corrected chi connectivity index (χ1v) is 11.4. The Labute approximate surface area is 190 Å². The minimum absolute atomic E-state index is 0.0479. The van der Waals surface area contributed by atoms with E-state index in [2.05, 4.69) is 35.4 Å². The van der Waals surface area contributed by atoms with E-state index in [9.17, 15) is 9.90 Å². The highest BCUT2D eigenvalue weighted by Gasteiger charge is 2.41. The number of nitrogens with zero attached hydrogens (tertiary/aromatic N) is 2. The van der Waals surface area contributed by atoms with E-state index in [4.69, 9.17) is 11.4 Å². The average molecular weight is 433 g/mol. The molecule has 3 N–H and O–H groups in total. The lowest BCUT2D eigenvalue weighted by molar-refractivity contribution is -0.120. The molecule has 1 aromatic heterocycles. The fourth-order valence-corrected chi connectivity index (χ4v) is 5.00. The third-order valence-electron chi connectivity index (χ3n) is 7.15. The zero-order chi connectivity index (χ0) is 22.9. The maximum Gasteiger partial charge on any atom is 0.234 e. The van der Waals surface area contributed by atoms with Crippen LogP contribution in [-0.2, 0) is 16.6 Å². The van der Waals surface area contributed by atoms with Crippen LogP contribution in [0.1, 0.15) is 69.8 Å². The number of amides is 1. The van der Waals surface area contributed by atoms with Gasteiger partial charge in [0.15, 0.2) is 0 Å². The highest BCUT2D eigenvalue weighted by Crippen LogP contribution is 2.41. The summed E-state index contributed by atoms with van der Waals surface area (Å²) >= 11 is 0. The molecule has 1 fully saturated rings. The molecule has 1 saturated carbocycles. The van der Waals surface area contributed by atoms with Crippen molar-refractivity contribution in [1.29, 1.82) is 0 Å². The average Bonchev–Trinajstić information content (AvgIpc) is 3.01. The number of benzene rings is 1. The second-order valence-electron chi connectivity index (χ2n) is 10.0. The number of terminal acetylenes is 1. The Morgan fingerprint density at radius 3 is 2.81 bits per heavy atom. The van der Waals surface area contributed by atoms with Gasteiger partial charge in [-0.25, -0.2) is 9.97 Å². The fourth-order valence-electron chi connectivity index (χ4n) is 5.00. The fraction of sp³-hybridized carbons (Fsp3) is 0.500. The molecule has 0 bridgehead atoms. The molecular weight excluding hydrogens is 400 g/mol. The van der Waals surface area contributed by atoms with Crippen molar-refractivity contribution in [3.8, 4) is 12.3 Å². The van der Waals surface area contributed by atoms with Gasteiger partial charge in [-0.3, -0.25) is 4.79 Å². The van der Waals surface area contributed by atoms with Crippen molar-refractivity contribution in [3.05, 3.63) is 47.4 Å². The van der Waals surface area contributed by atoms with Gasteiger partial charge in [-0.2, -0.15) is 0 Å². The van der Waals surface area contributed by atoms with E-state index in [-0.39, 0.29) is 23.5 Å². The van der Waals surface area contributed by atoms with Crippen molar-refractivity contribution in [2.75, 3.05) is 10.6 Å². The number of aryl methyl sites for hydroxylation is 1. The molecule has 2 aliphatic rings. The Morgan fingerprint density at radius 1 is 1.28 bits per heavy atom. The van der Waals surface area contributed by atoms with Crippen molar-refractivity contribution in [2.24, 2.45) is 5.41 Å². The van der Waals surface area contributed by atoms with E-state index in [1.165, 1.54) is 0 Å². The molecule has 4 rings (SSSR count). The molecule has 0 spiro atoms. The first kappa shape index (κ1) is 22.3. The molecule has 0 radical (unpaired) electrons. The first-order valence-electron chi connectivity index (χ1n) is 11.4. The number of hydrogen-bond donors (Lipinski definition) is 3. The van der Waals surface area contributed by atoms with Crippen LogP contribution in [0.5, 0.6) is 0 Å². The maximum atomic E-state index is 12.6. The second-order valence-corrected chi connectivity index (χ2v) is 10.0. The number of carbonyl (C=O) groups is 1. The van der Waals surface area contributed by atoms with Crippen molar-refractivity contribution in [3.63, 3.8) is 0 Å². The summed E-state index contributed by atoms with van der Waals surface area (Å²) < 4.78 is 0. The molecular formula is C26H32N4O2. The largest absolute Gasteiger partial charge is 0.393 e. The van der Waals surface area contributed by atoms with Crippen LogP contribution in [0.15, 0.2) is 30.5 Å². The molecule has 1 aliphatic carbocycles. The predicted molar refractivity (Wildman–Crippen MR) is 126 cm³/mol. The molecule has 6 heteroatoms. The summed E-state index contributed by atoms with van der Waals surface area (Å²) in [7, 11) is 0. The molecule has 0 unspecified atom stereocenters. The molecule has 168 valence electrons. The van der Waals surface area contributed by atoms with E-state index in [1.54, 1.807) is 6.20 Å². The standard InChI is InChI=1S/C26H32N4O2/c1-5-17-16-27-22(30-23(17)28-18-12-13-21(31)25(2,3)15-18)11-8-14-26(4)19-9-6-7-10-20(19)29-24(26)32/h1,6-7,9-10,16,18,21,31H,8,11-15H2,2-4H3,(H,29,32)(H,27,28,30)/t18-,21+,26+/m1/s1. The summed E-state index contributed by atoms with van der Waals surface area (Å²) in [6.07, 6.45) is 11.8. The number of para-hydroxylation sites is 1. The van der Waals surface area contributed by atoms with Crippen LogP contribution in [-0.4, -0.2) is 33.1 Å². The van der Waals surface area contributed by atoms with Crippen molar-refractivity contribution in [2.45, 2.75) is 76.9 Å². The number of aliphatic hydroxyl groups is 1. The van der Waals surface area contributed by atoms with E-state index < -0.39 is 5.41 Å². The topological polar surface area (TPSA) is 87.1 Å². The Hall–Kier alpha value is -2.91. The van der Waals surface area contributed by atoms with Gasteiger partial charge < -0.3 is 15.7 Å². The molecule has 3 atom stereocenters. The van der Waals surface area contributed by atoms with Gasteiger partial charge in [0.25, 0.3) is 0 Å². The third kappa shape index (κ3) is 4.22. The zero-order valence-electron chi connectivity index (χ0n) is 19.1. The summed E-state index contributed by atoms with van der Waals surface area (Å²) in [5.41, 5.74) is 1.93. The molecule has 6 nitrogen and oxygen atoms in total. The molecule has 1 aliphatic heterocycles. The molecule has 2 aromatic rings.